The second-order valence-corrected chi connectivity index (χ2v) is 6.03. The maximum Gasteiger partial charge on any atom is 0.305 e. The van der Waals surface area contributed by atoms with Crippen LogP contribution in [-0.4, -0.2) is 30.6 Å². The maximum atomic E-state index is 11.6. The molecule has 0 atom stereocenters. The van der Waals surface area contributed by atoms with Gasteiger partial charge in [-0.05, 0) is 41.5 Å². The van der Waals surface area contributed by atoms with E-state index in [1.54, 1.807) is 36.4 Å². The number of carboxylic acids is 1. The molecule has 2 aromatic carbocycles. The van der Waals surface area contributed by atoms with Gasteiger partial charge < -0.3 is 19.9 Å². The number of benzene rings is 2. The molecule has 142 valence electrons. The van der Waals surface area contributed by atoms with Crippen LogP contribution in [0.1, 0.15) is 17.5 Å². The zero-order chi connectivity index (χ0) is 19.6. The number of carbonyl (C=O) groups excluding carboxylic acids is 1. The van der Waals surface area contributed by atoms with Crippen LogP contribution in [0.25, 0.3) is 6.08 Å². The van der Waals surface area contributed by atoms with E-state index in [0.717, 1.165) is 11.1 Å². The molecule has 2 N–H and O–H groups in total. The Bertz CT molecular complexity index is 818. The van der Waals surface area contributed by atoms with Crippen LogP contribution in [-0.2, 0) is 16.2 Å². The predicted octanol–water partition coefficient (Wildman–Crippen LogP) is 3.53. The fourth-order valence-electron chi connectivity index (χ4n) is 2.17. The van der Waals surface area contributed by atoms with Crippen molar-refractivity contribution in [1.29, 1.82) is 0 Å². The van der Waals surface area contributed by atoms with Crippen LogP contribution < -0.4 is 14.8 Å². The third-order valence-corrected chi connectivity index (χ3v) is 3.81. The van der Waals surface area contributed by atoms with Crippen LogP contribution in [0.15, 0.2) is 48.5 Å². The summed E-state index contributed by atoms with van der Waals surface area (Å²) in [6, 6.07) is 12.7. The van der Waals surface area contributed by atoms with Gasteiger partial charge in [0.25, 0.3) is 0 Å². The van der Waals surface area contributed by atoms with Gasteiger partial charge in [0.15, 0.2) is 11.5 Å². The molecule has 0 heterocycles. The molecule has 2 aromatic rings. The van der Waals surface area contributed by atoms with Gasteiger partial charge in [0.05, 0.1) is 13.5 Å². The van der Waals surface area contributed by atoms with Crippen LogP contribution in [0, 0.1) is 0 Å². The molecule has 0 aromatic heterocycles. The molecular formula is C20H20ClNO5. The first-order valence-corrected chi connectivity index (χ1v) is 8.58. The number of carbonyl (C=O) groups is 2. The molecule has 0 saturated carbocycles. The van der Waals surface area contributed by atoms with E-state index < -0.39 is 5.97 Å². The summed E-state index contributed by atoms with van der Waals surface area (Å²) in [5.74, 6) is -0.204. The largest absolute Gasteiger partial charge is 0.493 e. The average molecular weight is 390 g/mol. The molecule has 0 fully saturated rings. The maximum absolute atomic E-state index is 11.6. The molecule has 27 heavy (non-hydrogen) atoms. The van der Waals surface area contributed by atoms with E-state index in [2.05, 4.69) is 5.32 Å². The number of carboxylic acid groups (broad SMARTS) is 1. The van der Waals surface area contributed by atoms with Crippen LogP contribution in [0.2, 0.25) is 5.02 Å². The van der Waals surface area contributed by atoms with Crippen molar-refractivity contribution >= 4 is 29.6 Å². The average Bonchev–Trinajstić information content (AvgIpc) is 2.66. The number of nitrogens with one attached hydrogen (secondary N) is 1. The number of aliphatic carboxylic acids is 1. The molecule has 0 aliphatic heterocycles. The van der Waals surface area contributed by atoms with E-state index in [0.29, 0.717) is 23.1 Å². The minimum atomic E-state index is -0.960. The Labute approximate surface area is 162 Å². The van der Waals surface area contributed by atoms with E-state index in [1.165, 1.54) is 13.2 Å². The fourth-order valence-corrected chi connectivity index (χ4v) is 2.30. The Morgan fingerprint density at radius 3 is 2.56 bits per heavy atom. The lowest BCUT2D eigenvalue weighted by Crippen LogP contribution is -2.23. The highest BCUT2D eigenvalue weighted by atomic mass is 35.5. The van der Waals surface area contributed by atoms with Crippen molar-refractivity contribution in [2.75, 3.05) is 13.7 Å². The summed E-state index contributed by atoms with van der Waals surface area (Å²) in [6.07, 6.45) is 2.83. The molecule has 6 nitrogen and oxygen atoms in total. The topological polar surface area (TPSA) is 84.9 Å². The summed E-state index contributed by atoms with van der Waals surface area (Å²) in [6.45, 7) is 0.452. The van der Waals surface area contributed by atoms with Crippen molar-refractivity contribution in [3.63, 3.8) is 0 Å². The normalized spacial score (nSPS) is 10.6. The van der Waals surface area contributed by atoms with Crippen molar-refractivity contribution in [1.82, 2.24) is 5.32 Å². The van der Waals surface area contributed by atoms with Gasteiger partial charge in [-0.3, -0.25) is 9.59 Å². The molecule has 0 spiro atoms. The zero-order valence-electron chi connectivity index (χ0n) is 14.8. The van der Waals surface area contributed by atoms with Crippen LogP contribution in [0.3, 0.4) is 0 Å². The van der Waals surface area contributed by atoms with Crippen molar-refractivity contribution in [3.05, 3.63) is 64.7 Å². The van der Waals surface area contributed by atoms with Crippen LogP contribution >= 0.6 is 11.6 Å². The monoisotopic (exact) mass is 389 g/mol. The first kappa shape index (κ1) is 20.3. The second-order valence-electron chi connectivity index (χ2n) is 5.59. The lowest BCUT2D eigenvalue weighted by molar-refractivity contribution is -0.136. The Morgan fingerprint density at radius 2 is 1.89 bits per heavy atom. The summed E-state index contributed by atoms with van der Waals surface area (Å²) in [5.41, 5.74) is 1.72. The molecule has 0 aliphatic rings. The Kier molecular flexibility index (Phi) is 7.70. The van der Waals surface area contributed by atoms with E-state index in [4.69, 9.17) is 26.2 Å². The van der Waals surface area contributed by atoms with E-state index >= 15 is 0 Å². The standard InChI is InChI=1S/C20H20ClNO5/c1-26-18-12-14(5-9-19(23)22-11-10-20(24)25)4-8-17(18)27-13-15-2-6-16(21)7-3-15/h2-9,12H,10-11,13H2,1H3,(H,22,23)(H,24,25)/b9-5+. The third kappa shape index (κ3) is 7.03. The second kappa shape index (κ2) is 10.2. The van der Waals surface area contributed by atoms with Gasteiger partial charge in [0, 0.05) is 17.6 Å². The molecule has 1 amide bonds. The van der Waals surface area contributed by atoms with Gasteiger partial charge in [-0.1, -0.05) is 29.8 Å². The Hall–Kier alpha value is -2.99. The number of methoxy groups -OCH3 is 1. The molecule has 2 rings (SSSR count). The number of ether oxygens (including phenoxy) is 2. The minimum absolute atomic E-state index is 0.0826. The van der Waals surface area contributed by atoms with Crippen molar-refractivity contribution in [2.24, 2.45) is 0 Å². The number of amides is 1. The van der Waals surface area contributed by atoms with E-state index in [9.17, 15) is 9.59 Å². The summed E-state index contributed by atoms with van der Waals surface area (Å²) in [5, 5.41) is 11.7. The highest BCUT2D eigenvalue weighted by molar-refractivity contribution is 6.30. The molecule has 0 saturated heterocycles. The molecule has 0 unspecified atom stereocenters. The highest BCUT2D eigenvalue weighted by Crippen LogP contribution is 2.29. The molecule has 0 aliphatic carbocycles. The molecule has 0 radical (unpaired) electrons. The number of hydrogen-bond acceptors (Lipinski definition) is 4. The first-order chi connectivity index (χ1) is 13.0. The van der Waals surface area contributed by atoms with Crippen molar-refractivity contribution < 1.29 is 24.2 Å². The lowest BCUT2D eigenvalue weighted by atomic mass is 10.2. The summed E-state index contributed by atoms with van der Waals surface area (Å²) in [7, 11) is 1.54. The van der Waals surface area contributed by atoms with E-state index in [-0.39, 0.29) is 18.9 Å². The molecule has 7 heteroatoms. The smallest absolute Gasteiger partial charge is 0.305 e. The highest BCUT2D eigenvalue weighted by Gasteiger charge is 2.06. The first-order valence-electron chi connectivity index (χ1n) is 8.21. The van der Waals surface area contributed by atoms with Gasteiger partial charge in [0.1, 0.15) is 6.61 Å². The fraction of sp³-hybridized carbons (Fsp3) is 0.200. The Balaban J connectivity index is 1.96. The van der Waals surface area contributed by atoms with Gasteiger partial charge in [-0.25, -0.2) is 0 Å². The SMILES string of the molecule is COc1cc(/C=C/C(=O)NCCC(=O)O)ccc1OCc1ccc(Cl)cc1. The van der Waals surface area contributed by atoms with Crippen LogP contribution in [0.4, 0.5) is 0 Å². The summed E-state index contributed by atoms with van der Waals surface area (Å²) in [4.78, 5) is 22.1. The summed E-state index contributed by atoms with van der Waals surface area (Å²) >= 11 is 5.87. The Morgan fingerprint density at radius 1 is 1.15 bits per heavy atom. The predicted molar refractivity (Wildman–Crippen MR) is 103 cm³/mol. The quantitative estimate of drug-likeness (QED) is 0.641. The lowest BCUT2D eigenvalue weighted by Gasteiger charge is -2.11. The van der Waals surface area contributed by atoms with E-state index in [1.807, 2.05) is 12.1 Å². The van der Waals surface area contributed by atoms with Crippen molar-refractivity contribution in [2.45, 2.75) is 13.0 Å². The van der Waals surface area contributed by atoms with Gasteiger partial charge in [0.2, 0.25) is 5.91 Å². The number of hydrogen-bond donors (Lipinski definition) is 2. The number of rotatable bonds is 9. The van der Waals surface area contributed by atoms with Gasteiger partial charge in [-0.2, -0.15) is 0 Å². The third-order valence-electron chi connectivity index (χ3n) is 3.56. The zero-order valence-corrected chi connectivity index (χ0v) is 15.5. The van der Waals surface area contributed by atoms with Gasteiger partial charge in [-0.15, -0.1) is 0 Å². The number of halogens is 1. The van der Waals surface area contributed by atoms with Crippen LogP contribution in [0.5, 0.6) is 11.5 Å². The minimum Gasteiger partial charge on any atom is -0.493 e. The molecule has 0 bridgehead atoms. The molecular weight excluding hydrogens is 370 g/mol. The summed E-state index contributed by atoms with van der Waals surface area (Å²) < 4.78 is 11.1. The van der Waals surface area contributed by atoms with Crippen molar-refractivity contribution in [3.8, 4) is 11.5 Å². The van der Waals surface area contributed by atoms with Gasteiger partial charge >= 0.3 is 5.97 Å².